The molecular formula is C15H22LiN2O12P. The maximum Gasteiger partial charge on any atom is 1.00 e. The molecule has 0 bridgehead atoms. The third kappa shape index (κ3) is 6.14. The predicted octanol–water partition coefficient (Wildman–Crippen LogP) is -6.56. The van der Waals surface area contributed by atoms with E-state index in [1.54, 1.807) is 0 Å². The Hall–Kier alpha value is -0.853. The summed E-state index contributed by atoms with van der Waals surface area (Å²) >= 11 is 0. The minimum absolute atomic E-state index is 0. The maximum absolute atomic E-state index is 12.0. The number of H-pyrrole nitrogens is 1. The van der Waals surface area contributed by atoms with Crippen LogP contribution in [0.2, 0.25) is 0 Å². The fourth-order valence-corrected chi connectivity index (χ4v) is 3.86. The van der Waals surface area contributed by atoms with Gasteiger partial charge in [-0.25, -0.2) is 4.79 Å². The monoisotopic (exact) mass is 460 g/mol. The van der Waals surface area contributed by atoms with Crippen molar-refractivity contribution < 1.29 is 67.3 Å². The number of ether oxygens (including phenoxy) is 2. The zero-order valence-electron chi connectivity index (χ0n) is 16.7. The van der Waals surface area contributed by atoms with Crippen LogP contribution in [0.1, 0.15) is 18.2 Å². The van der Waals surface area contributed by atoms with Gasteiger partial charge in [0.2, 0.25) is 0 Å². The van der Waals surface area contributed by atoms with Gasteiger partial charge in [0, 0.05) is 18.2 Å². The molecule has 31 heavy (non-hydrogen) atoms. The van der Waals surface area contributed by atoms with E-state index in [9.17, 15) is 39.5 Å². The van der Waals surface area contributed by atoms with E-state index in [0.717, 1.165) is 4.57 Å². The van der Waals surface area contributed by atoms with E-state index >= 15 is 0 Å². The molecule has 0 aliphatic carbocycles. The van der Waals surface area contributed by atoms with Crippen LogP contribution in [-0.4, -0.2) is 80.0 Å². The van der Waals surface area contributed by atoms with Gasteiger partial charge in [-0.1, -0.05) is 0 Å². The third-order valence-corrected chi connectivity index (χ3v) is 5.68. The summed E-state index contributed by atoms with van der Waals surface area (Å²) in [5.41, 5.74) is -1.08. The van der Waals surface area contributed by atoms with E-state index in [2.05, 4.69) is 14.0 Å². The van der Waals surface area contributed by atoms with Gasteiger partial charge in [-0.15, -0.1) is 0 Å². The summed E-state index contributed by atoms with van der Waals surface area (Å²) in [4.78, 5) is 37.5. The fourth-order valence-electron chi connectivity index (χ4n) is 3.03. The molecule has 170 valence electrons. The summed E-state index contributed by atoms with van der Waals surface area (Å²) in [7, 11) is -5.07. The molecule has 3 rings (SSSR count). The second-order valence-electron chi connectivity index (χ2n) is 7.01. The van der Waals surface area contributed by atoms with Crippen molar-refractivity contribution in [1.29, 1.82) is 0 Å². The summed E-state index contributed by atoms with van der Waals surface area (Å²) in [5, 5.41) is 38.7. The van der Waals surface area contributed by atoms with Crippen molar-refractivity contribution in [3.05, 3.63) is 32.6 Å². The summed E-state index contributed by atoms with van der Waals surface area (Å²) < 4.78 is 32.6. The SMILES string of the molecule is Cc1cn([C@H]2C[C@H](O)[C@@H](COP(=O)([O-])O[C@H]3OC[C@@H](O)[C@H](O)[C@H]3O)O2)c(=O)[nH]c1=O.[Li+]. The average Bonchev–Trinajstić information content (AvgIpc) is 3.04. The Morgan fingerprint density at radius 1 is 1.26 bits per heavy atom. The van der Waals surface area contributed by atoms with E-state index in [0.29, 0.717) is 0 Å². The van der Waals surface area contributed by atoms with E-state index in [4.69, 9.17) is 9.47 Å². The molecule has 1 aromatic rings. The summed E-state index contributed by atoms with van der Waals surface area (Å²) in [5.74, 6) is 0. The molecule has 1 aromatic heterocycles. The van der Waals surface area contributed by atoms with Crippen molar-refractivity contribution in [3.8, 4) is 0 Å². The van der Waals surface area contributed by atoms with Gasteiger partial charge < -0.3 is 39.3 Å². The second-order valence-corrected chi connectivity index (χ2v) is 8.37. The molecule has 1 unspecified atom stereocenters. The molecule has 5 N–H and O–H groups in total. The van der Waals surface area contributed by atoms with Gasteiger partial charge in [-0.05, 0) is 6.92 Å². The maximum atomic E-state index is 12.0. The van der Waals surface area contributed by atoms with Gasteiger partial charge in [-0.3, -0.25) is 23.4 Å². The minimum atomic E-state index is -5.07. The number of aryl methyl sites for hydroxylation is 1. The van der Waals surface area contributed by atoms with Gasteiger partial charge in [0.05, 0.1) is 19.3 Å². The normalized spacial score (nSPS) is 35.4. The van der Waals surface area contributed by atoms with Crippen molar-refractivity contribution in [1.82, 2.24) is 9.55 Å². The summed E-state index contributed by atoms with van der Waals surface area (Å²) in [6.07, 6.45) is -8.85. The number of hydrogen-bond acceptors (Lipinski definition) is 12. The van der Waals surface area contributed by atoms with E-state index in [1.807, 2.05) is 0 Å². The van der Waals surface area contributed by atoms with Crippen molar-refractivity contribution in [2.45, 2.75) is 56.4 Å². The number of phosphoric ester groups is 1. The minimum Gasteiger partial charge on any atom is -0.756 e. The Kier molecular flexibility index (Phi) is 8.85. The number of hydrogen-bond donors (Lipinski definition) is 5. The van der Waals surface area contributed by atoms with Gasteiger partial charge >= 0.3 is 24.6 Å². The molecule has 14 nitrogen and oxygen atoms in total. The zero-order chi connectivity index (χ0) is 22.2. The molecule has 2 fully saturated rings. The number of aromatic amines is 1. The first-order chi connectivity index (χ1) is 14.0. The van der Waals surface area contributed by atoms with Gasteiger partial charge in [0.1, 0.15) is 30.6 Å². The number of rotatable bonds is 6. The molecule has 3 heterocycles. The van der Waals surface area contributed by atoms with Crippen LogP contribution in [0.5, 0.6) is 0 Å². The molecule has 2 aliphatic rings. The Balaban J connectivity index is 0.00000341. The number of aromatic nitrogens is 2. The van der Waals surface area contributed by atoms with Crippen molar-refractivity contribution in [3.63, 3.8) is 0 Å². The quantitative estimate of drug-likeness (QED) is 0.198. The number of nitrogens with zero attached hydrogens (tertiary/aromatic N) is 1. The van der Waals surface area contributed by atoms with Gasteiger partial charge in [-0.2, -0.15) is 0 Å². The summed E-state index contributed by atoms with van der Waals surface area (Å²) in [6, 6.07) is 0. The Morgan fingerprint density at radius 3 is 2.61 bits per heavy atom. The zero-order valence-corrected chi connectivity index (χ0v) is 17.6. The molecule has 8 atom stereocenters. The van der Waals surface area contributed by atoms with E-state index < -0.39 is 75.3 Å². The van der Waals surface area contributed by atoms with E-state index in [1.165, 1.54) is 13.1 Å². The molecule has 0 saturated carbocycles. The average molecular weight is 460 g/mol. The van der Waals surface area contributed by atoms with Crippen LogP contribution in [0, 0.1) is 6.92 Å². The number of nitrogens with one attached hydrogen (secondary N) is 1. The Morgan fingerprint density at radius 2 is 1.94 bits per heavy atom. The predicted molar refractivity (Wildman–Crippen MR) is 93.0 cm³/mol. The van der Waals surface area contributed by atoms with Crippen LogP contribution in [-0.2, 0) is 23.1 Å². The van der Waals surface area contributed by atoms with Crippen LogP contribution in [0.15, 0.2) is 15.8 Å². The first-order valence-corrected chi connectivity index (χ1v) is 10.4. The van der Waals surface area contributed by atoms with Crippen LogP contribution < -0.4 is 35.0 Å². The molecule has 16 heteroatoms. The summed E-state index contributed by atoms with van der Waals surface area (Å²) in [6.45, 7) is 0.329. The standard InChI is InChI=1S/C15H23N2O12P.Li/c1-6-3-17(15(23)16-13(6)22)10-2-7(18)9(28-10)5-27-30(24,25)29-14-12(21)11(20)8(19)4-26-14;/h3,7-12,14,18-21H,2,4-5H2,1H3,(H,24,25)(H,16,22,23);/q;+1/p-1/t7-,8+,9+,10+,11-,12+,14+;/m0./s1. The smallest absolute Gasteiger partial charge is 0.756 e. The Labute approximate surface area is 187 Å². The number of aliphatic hydroxyl groups is 4. The van der Waals surface area contributed by atoms with Crippen molar-refractivity contribution in [2.75, 3.05) is 13.2 Å². The van der Waals surface area contributed by atoms with Gasteiger partial charge in [0.15, 0.2) is 6.29 Å². The van der Waals surface area contributed by atoms with Crippen molar-refractivity contribution in [2.24, 2.45) is 0 Å². The first-order valence-electron chi connectivity index (χ1n) is 8.94. The number of phosphoric acid groups is 1. The fraction of sp³-hybridized carbons (Fsp3) is 0.733. The van der Waals surface area contributed by atoms with Crippen molar-refractivity contribution >= 4 is 7.82 Å². The molecular weight excluding hydrogens is 438 g/mol. The van der Waals surface area contributed by atoms with Gasteiger partial charge in [0.25, 0.3) is 13.4 Å². The molecule has 0 amide bonds. The molecule has 0 spiro atoms. The molecule has 0 aromatic carbocycles. The van der Waals surface area contributed by atoms with Crippen LogP contribution >= 0.6 is 7.82 Å². The molecule has 0 radical (unpaired) electrons. The second kappa shape index (κ2) is 10.4. The van der Waals surface area contributed by atoms with Crippen LogP contribution in [0.3, 0.4) is 0 Å². The van der Waals surface area contributed by atoms with Crippen LogP contribution in [0.25, 0.3) is 0 Å². The largest absolute Gasteiger partial charge is 1.00 e. The topological polar surface area (TPSA) is 213 Å². The molecule has 2 aliphatic heterocycles. The molecule has 2 saturated heterocycles. The third-order valence-electron chi connectivity index (χ3n) is 4.74. The first kappa shape index (κ1) is 26.4. The van der Waals surface area contributed by atoms with Crippen LogP contribution in [0.4, 0.5) is 0 Å². The Bertz CT molecular complexity index is 924. The van der Waals surface area contributed by atoms with E-state index in [-0.39, 0.29) is 30.8 Å². The number of aliphatic hydroxyl groups excluding tert-OH is 4.